The molecule has 1 aliphatic heterocycles. The van der Waals surface area contributed by atoms with Crippen LogP contribution in [-0.2, 0) is 6.42 Å². The van der Waals surface area contributed by atoms with Crippen LogP contribution in [0.4, 0.5) is 11.4 Å². The number of aromatic nitrogens is 1. The third-order valence-corrected chi connectivity index (χ3v) is 6.74. The van der Waals surface area contributed by atoms with Gasteiger partial charge in [0.15, 0.2) is 0 Å². The number of carbonyl (C=O) groups is 1. The van der Waals surface area contributed by atoms with Crippen molar-refractivity contribution < 1.29 is 4.79 Å². The summed E-state index contributed by atoms with van der Waals surface area (Å²) in [7, 11) is 0. The molecule has 3 aromatic carbocycles. The van der Waals surface area contributed by atoms with E-state index in [4.69, 9.17) is 5.26 Å². The molecule has 1 saturated heterocycles. The molecule has 0 saturated carbocycles. The zero-order valence-corrected chi connectivity index (χ0v) is 22.9. The molecule has 1 fully saturated rings. The van der Waals surface area contributed by atoms with E-state index < -0.39 is 0 Å². The van der Waals surface area contributed by atoms with Crippen LogP contribution in [0.25, 0.3) is 10.9 Å². The van der Waals surface area contributed by atoms with Gasteiger partial charge in [0.2, 0.25) is 0 Å². The monoisotopic (exact) mass is 547 g/mol. The Balaban J connectivity index is 0.00000200. The van der Waals surface area contributed by atoms with Crippen LogP contribution in [0.5, 0.6) is 0 Å². The second kappa shape index (κ2) is 13.3. The molecule has 1 aromatic heterocycles. The van der Waals surface area contributed by atoms with Crippen molar-refractivity contribution in [3.8, 4) is 6.07 Å². The Morgan fingerprint density at radius 3 is 2.42 bits per heavy atom. The number of pyridine rings is 1. The van der Waals surface area contributed by atoms with Crippen LogP contribution in [0.1, 0.15) is 27.2 Å². The van der Waals surface area contributed by atoms with E-state index in [2.05, 4.69) is 62.6 Å². The number of nitriles is 1. The standard InChI is InChI=1S/C30H29N5O.2ClH/c1-22-8-13-27-28(32-22)6-3-7-29(27)35-18-16-34(17-19-35)15-14-23-4-2-5-26(20-23)33-30(36)25-11-9-24(21-31)10-12-25;;/h2-13,20H,14-19H2,1H3,(H,33,36);2*1H. The highest BCUT2D eigenvalue weighted by atomic mass is 35.5. The van der Waals surface area contributed by atoms with E-state index in [-0.39, 0.29) is 30.7 Å². The topological polar surface area (TPSA) is 72.3 Å². The predicted molar refractivity (Wildman–Crippen MR) is 159 cm³/mol. The number of halogens is 2. The maximum atomic E-state index is 12.6. The number of benzene rings is 3. The first kappa shape index (κ1) is 28.9. The molecule has 0 aliphatic carbocycles. The van der Waals surface area contributed by atoms with Crippen LogP contribution in [0.3, 0.4) is 0 Å². The number of nitrogens with zero attached hydrogens (tertiary/aromatic N) is 4. The molecule has 0 radical (unpaired) electrons. The number of fused-ring (bicyclic) bond motifs is 1. The molecule has 0 bridgehead atoms. The van der Waals surface area contributed by atoms with Gasteiger partial charge >= 0.3 is 0 Å². The zero-order valence-electron chi connectivity index (χ0n) is 21.3. The van der Waals surface area contributed by atoms with Gasteiger partial charge < -0.3 is 10.2 Å². The van der Waals surface area contributed by atoms with E-state index in [1.165, 1.54) is 16.6 Å². The van der Waals surface area contributed by atoms with Gasteiger partial charge in [-0.2, -0.15) is 5.26 Å². The summed E-state index contributed by atoms with van der Waals surface area (Å²) in [5.74, 6) is -0.174. The lowest BCUT2D eigenvalue weighted by atomic mass is 10.1. The average Bonchev–Trinajstić information content (AvgIpc) is 2.92. The van der Waals surface area contributed by atoms with Crippen molar-refractivity contribution in [2.24, 2.45) is 0 Å². The van der Waals surface area contributed by atoms with Gasteiger partial charge in [-0.25, -0.2) is 0 Å². The Bertz CT molecular complexity index is 1430. The molecule has 1 N–H and O–H groups in total. The van der Waals surface area contributed by atoms with Crippen molar-refractivity contribution in [1.82, 2.24) is 9.88 Å². The molecular formula is C30H31Cl2N5O. The van der Waals surface area contributed by atoms with E-state index in [9.17, 15) is 4.79 Å². The number of rotatable bonds is 6. The summed E-state index contributed by atoms with van der Waals surface area (Å²) < 4.78 is 0. The Morgan fingerprint density at radius 1 is 0.947 bits per heavy atom. The molecule has 38 heavy (non-hydrogen) atoms. The van der Waals surface area contributed by atoms with Crippen molar-refractivity contribution in [3.63, 3.8) is 0 Å². The molecule has 0 atom stereocenters. The highest BCUT2D eigenvalue weighted by Gasteiger charge is 2.19. The van der Waals surface area contributed by atoms with E-state index in [0.29, 0.717) is 11.1 Å². The summed E-state index contributed by atoms with van der Waals surface area (Å²) in [4.78, 5) is 22.2. The molecule has 4 aromatic rings. The molecule has 196 valence electrons. The Morgan fingerprint density at radius 2 is 1.68 bits per heavy atom. The lowest BCUT2D eigenvalue weighted by Gasteiger charge is -2.36. The Hall–Kier alpha value is -3.63. The fourth-order valence-electron chi connectivity index (χ4n) is 4.72. The van der Waals surface area contributed by atoms with Gasteiger partial charge in [0.25, 0.3) is 5.91 Å². The maximum Gasteiger partial charge on any atom is 0.255 e. The fraction of sp³-hybridized carbons (Fsp3) is 0.233. The highest BCUT2D eigenvalue weighted by Crippen LogP contribution is 2.27. The number of carbonyl (C=O) groups excluding carboxylic acids is 1. The molecule has 8 heteroatoms. The van der Waals surface area contributed by atoms with Crippen LogP contribution >= 0.6 is 24.8 Å². The van der Waals surface area contributed by atoms with Gasteiger partial charge in [0, 0.05) is 60.7 Å². The molecular weight excluding hydrogens is 517 g/mol. The van der Waals surface area contributed by atoms with Gasteiger partial charge in [-0.1, -0.05) is 18.2 Å². The number of anilines is 2. The van der Waals surface area contributed by atoms with Crippen molar-refractivity contribution in [2.45, 2.75) is 13.3 Å². The highest BCUT2D eigenvalue weighted by molar-refractivity contribution is 6.04. The van der Waals surface area contributed by atoms with E-state index >= 15 is 0 Å². The Kier molecular flexibility index (Phi) is 10.1. The predicted octanol–water partition coefficient (Wildman–Crippen LogP) is 5.88. The normalized spacial score (nSPS) is 13.2. The minimum atomic E-state index is -0.174. The summed E-state index contributed by atoms with van der Waals surface area (Å²) in [6.07, 6.45) is 0.929. The van der Waals surface area contributed by atoms with Gasteiger partial charge in [-0.15, -0.1) is 24.8 Å². The van der Waals surface area contributed by atoms with Crippen LogP contribution in [-0.4, -0.2) is 48.5 Å². The maximum absolute atomic E-state index is 12.6. The van der Waals surface area contributed by atoms with Crippen molar-refractivity contribution in [3.05, 3.63) is 101 Å². The second-order valence-corrected chi connectivity index (χ2v) is 9.22. The van der Waals surface area contributed by atoms with E-state index in [1.54, 1.807) is 24.3 Å². The SMILES string of the molecule is Cc1ccc2c(N3CCN(CCc4cccc(NC(=O)c5ccc(C#N)cc5)c4)CC3)cccc2n1.Cl.Cl. The van der Waals surface area contributed by atoms with Gasteiger partial charge in [0.1, 0.15) is 0 Å². The molecule has 6 nitrogen and oxygen atoms in total. The number of aryl methyl sites for hydroxylation is 1. The lowest BCUT2D eigenvalue weighted by Crippen LogP contribution is -2.47. The van der Waals surface area contributed by atoms with Gasteiger partial charge in [-0.05, 0) is 79.6 Å². The largest absolute Gasteiger partial charge is 0.368 e. The zero-order chi connectivity index (χ0) is 24.9. The summed E-state index contributed by atoms with van der Waals surface area (Å²) in [5, 5.41) is 13.1. The summed E-state index contributed by atoms with van der Waals surface area (Å²) in [5.41, 5.74) is 6.43. The smallest absolute Gasteiger partial charge is 0.255 e. The minimum Gasteiger partial charge on any atom is -0.368 e. The lowest BCUT2D eigenvalue weighted by molar-refractivity contribution is 0.102. The van der Waals surface area contributed by atoms with Crippen molar-refractivity contribution in [1.29, 1.82) is 5.26 Å². The third-order valence-electron chi connectivity index (χ3n) is 6.74. The first-order valence-corrected chi connectivity index (χ1v) is 12.3. The average molecular weight is 549 g/mol. The van der Waals surface area contributed by atoms with E-state index in [0.717, 1.165) is 56.0 Å². The second-order valence-electron chi connectivity index (χ2n) is 9.22. The van der Waals surface area contributed by atoms with Crippen LogP contribution < -0.4 is 10.2 Å². The summed E-state index contributed by atoms with van der Waals surface area (Å²) in [6.45, 7) is 7.04. The third kappa shape index (κ3) is 6.81. The number of hydrogen-bond acceptors (Lipinski definition) is 5. The summed E-state index contributed by atoms with van der Waals surface area (Å²) >= 11 is 0. The molecule has 2 heterocycles. The van der Waals surface area contributed by atoms with Crippen LogP contribution in [0, 0.1) is 18.3 Å². The molecule has 1 amide bonds. The van der Waals surface area contributed by atoms with Crippen molar-refractivity contribution >= 4 is 53.0 Å². The first-order chi connectivity index (χ1) is 17.6. The quantitative estimate of drug-likeness (QED) is 0.326. The first-order valence-electron chi connectivity index (χ1n) is 12.3. The summed E-state index contributed by atoms with van der Waals surface area (Å²) in [6, 6.07) is 27.4. The molecule has 5 rings (SSSR count). The number of amides is 1. The van der Waals surface area contributed by atoms with Crippen LogP contribution in [0.2, 0.25) is 0 Å². The molecule has 0 spiro atoms. The number of hydrogen-bond donors (Lipinski definition) is 1. The van der Waals surface area contributed by atoms with E-state index in [1.807, 2.05) is 25.1 Å². The number of nitrogens with one attached hydrogen (secondary N) is 1. The van der Waals surface area contributed by atoms with Crippen LogP contribution in [0.15, 0.2) is 78.9 Å². The fourth-order valence-corrected chi connectivity index (χ4v) is 4.72. The van der Waals surface area contributed by atoms with Gasteiger partial charge in [0.05, 0.1) is 17.1 Å². The van der Waals surface area contributed by atoms with Gasteiger partial charge in [-0.3, -0.25) is 14.7 Å². The molecule has 1 aliphatic rings. The Labute approximate surface area is 236 Å². The minimum absolute atomic E-state index is 0. The molecule has 0 unspecified atom stereocenters. The number of piperazine rings is 1. The van der Waals surface area contributed by atoms with Crippen molar-refractivity contribution in [2.75, 3.05) is 42.9 Å².